The first-order valence-corrected chi connectivity index (χ1v) is 7.45. The Balaban J connectivity index is 2.14. The fourth-order valence-electron chi connectivity index (χ4n) is 1.78. The van der Waals surface area contributed by atoms with Crippen LogP contribution in [0.5, 0.6) is 11.5 Å². The number of rotatable bonds is 4. The van der Waals surface area contributed by atoms with E-state index in [1.807, 2.05) is 12.1 Å². The standard InChI is InChI=1S/C15H14Cl2N2O2S/c1-20-13-8-14(21-2)12(7-11(13)17)19-15(22)18-10-5-3-9(16)4-6-10/h3-8H,1-2H3,(H2,18,19,22). The third kappa shape index (κ3) is 4.16. The van der Waals surface area contributed by atoms with Crippen LogP contribution in [-0.2, 0) is 0 Å². The van der Waals surface area contributed by atoms with Crippen molar-refractivity contribution in [2.45, 2.75) is 0 Å². The lowest BCUT2D eigenvalue weighted by atomic mass is 10.2. The molecule has 22 heavy (non-hydrogen) atoms. The summed E-state index contributed by atoms with van der Waals surface area (Å²) in [5, 5.41) is 7.61. The van der Waals surface area contributed by atoms with Crippen molar-refractivity contribution in [3.05, 3.63) is 46.4 Å². The van der Waals surface area contributed by atoms with Gasteiger partial charge in [-0.25, -0.2) is 0 Å². The van der Waals surface area contributed by atoms with Crippen molar-refractivity contribution in [2.75, 3.05) is 24.9 Å². The van der Waals surface area contributed by atoms with Crippen molar-refractivity contribution >= 4 is 51.9 Å². The van der Waals surface area contributed by atoms with Gasteiger partial charge in [0.15, 0.2) is 5.11 Å². The zero-order valence-electron chi connectivity index (χ0n) is 11.9. The summed E-state index contributed by atoms with van der Waals surface area (Å²) in [5.74, 6) is 1.10. The molecule has 7 heteroatoms. The number of hydrogen-bond donors (Lipinski definition) is 2. The van der Waals surface area contributed by atoms with Crippen LogP contribution < -0.4 is 20.1 Å². The minimum Gasteiger partial charge on any atom is -0.495 e. The number of hydrogen-bond acceptors (Lipinski definition) is 3. The Hall–Kier alpha value is -1.69. The van der Waals surface area contributed by atoms with E-state index < -0.39 is 0 Å². The highest BCUT2D eigenvalue weighted by Crippen LogP contribution is 2.35. The Morgan fingerprint density at radius 2 is 1.59 bits per heavy atom. The van der Waals surface area contributed by atoms with Gasteiger partial charge in [-0.3, -0.25) is 0 Å². The minimum atomic E-state index is 0.404. The summed E-state index contributed by atoms with van der Waals surface area (Å²) in [4.78, 5) is 0. The van der Waals surface area contributed by atoms with Crippen LogP contribution in [0.15, 0.2) is 36.4 Å². The molecule has 0 radical (unpaired) electrons. The number of ether oxygens (including phenoxy) is 2. The van der Waals surface area contributed by atoms with Crippen molar-refractivity contribution in [3.63, 3.8) is 0 Å². The summed E-state index contributed by atoms with van der Waals surface area (Å²) in [7, 11) is 3.10. The van der Waals surface area contributed by atoms with Gasteiger partial charge in [-0.15, -0.1) is 0 Å². The monoisotopic (exact) mass is 356 g/mol. The Bertz CT molecular complexity index is 678. The molecule has 0 heterocycles. The molecule has 0 amide bonds. The topological polar surface area (TPSA) is 42.5 Å². The average molecular weight is 357 g/mol. The molecular formula is C15H14Cl2N2O2S. The zero-order valence-corrected chi connectivity index (χ0v) is 14.3. The highest BCUT2D eigenvalue weighted by Gasteiger charge is 2.11. The second kappa shape index (κ2) is 7.54. The van der Waals surface area contributed by atoms with Crippen LogP contribution in [0.1, 0.15) is 0 Å². The highest BCUT2D eigenvalue weighted by atomic mass is 35.5. The fourth-order valence-corrected chi connectivity index (χ4v) is 2.37. The van der Waals surface area contributed by atoms with Crippen LogP contribution in [0, 0.1) is 0 Å². The third-order valence-electron chi connectivity index (χ3n) is 2.82. The van der Waals surface area contributed by atoms with Crippen LogP contribution in [0.4, 0.5) is 11.4 Å². The molecule has 2 aromatic rings. The molecule has 0 bridgehead atoms. The smallest absolute Gasteiger partial charge is 0.175 e. The van der Waals surface area contributed by atoms with Crippen molar-refractivity contribution in [1.82, 2.24) is 0 Å². The van der Waals surface area contributed by atoms with Gasteiger partial charge in [-0.2, -0.15) is 0 Å². The van der Waals surface area contributed by atoms with Gasteiger partial charge in [-0.05, 0) is 42.5 Å². The molecule has 0 aliphatic heterocycles. The molecule has 0 aliphatic carbocycles. The molecule has 2 aromatic carbocycles. The summed E-state index contributed by atoms with van der Waals surface area (Å²) in [5.41, 5.74) is 1.46. The first kappa shape index (κ1) is 16.7. The number of halogens is 2. The van der Waals surface area contributed by atoms with Crippen molar-refractivity contribution in [2.24, 2.45) is 0 Å². The van der Waals surface area contributed by atoms with E-state index in [0.717, 1.165) is 5.69 Å². The Morgan fingerprint density at radius 3 is 2.18 bits per heavy atom. The maximum Gasteiger partial charge on any atom is 0.175 e. The summed E-state index contributed by atoms with van der Waals surface area (Å²) >= 11 is 17.2. The molecule has 0 unspecified atom stereocenters. The maximum atomic E-state index is 6.12. The summed E-state index contributed by atoms with van der Waals surface area (Å²) < 4.78 is 10.5. The molecule has 0 fully saturated rings. The van der Waals surface area contributed by atoms with Gasteiger partial charge in [-0.1, -0.05) is 23.2 Å². The molecule has 0 atom stereocenters. The second-order valence-corrected chi connectivity index (χ2v) is 5.52. The third-order valence-corrected chi connectivity index (χ3v) is 3.58. The number of methoxy groups -OCH3 is 2. The van der Waals surface area contributed by atoms with Gasteiger partial charge >= 0.3 is 0 Å². The van der Waals surface area contributed by atoms with Gasteiger partial charge in [0.1, 0.15) is 11.5 Å². The van der Waals surface area contributed by atoms with Gasteiger partial charge in [0.25, 0.3) is 0 Å². The van der Waals surface area contributed by atoms with Crippen LogP contribution in [0.25, 0.3) is 0 Å². The fraction of sp³-hybridized carbons (Fsp3) is 0.133. The average Bonchev–Trinajstić information content (AvgIpc) is 2.50. The number of benzene rings is 2. The van der Waals surface area contributed by atoms with Gasteiger partial charge in [0.05, 0.1) is 24.9 Å². The van der Waals surface area contributed by atoms with Gasteiger partial charge < -0.3 is 20.1 Å². The SMILES string of the molecule is COc1cc(OC)c(NC(=S)Nc2ccc(Cl)cc2)cc1Cl. The van der Waals surface area contributed by atoms with Gasteiger partial charge in [0, 0.05) is 16.8 Å². The van der Waals surface area contributed by atoms with Crippen molar-refractivity contribution in [3.8, 4) is 11.5 Å². The Kier molecular flexibility index (Phi) is 5.71. The number of thiocarbonyl (C=S) groups is 1. The summed E-state index contributed by atoms with van der Waals surface area (Å²) in [6.45, 7) is 0. The zero-order chi connectivity index (χ0) is 16.1. The normalized spacial score (nSPS) is 10.0. The summed E-state index contributed by atoms with van der Waals surface area (Å²) in [6, 6.07) is 10.6. The molecular weight excluding hydrogens is 343 g/mol. The quantitative estimate of drug-likeness (QED) is 0.768. The molecule has 2 rings (SSSR count). The van der Waals surface area contributed by atoms with Crippen LogP contribution >= 0.6 is 35.4 Å². The van der Waals surface area contributed by atoms with E-state index >= 15 is 0 Å². The minimum absolute atomic E-state index is 0.404. The second-order valence-electron chi connectivity index (χ2n) is 4.27. The molecule has 2 N–H and O–H groups in total. The molecule has 116 valence electrons. The Labute approximate surface area is 144 Å². The molecule has 0 saturated carbocycles. The van der Waals surface area contributed by atoms with Crippen LogP contribution in [0.2, 0.25) is 10.0 Å². The van der Waals surface area contributed by atoms with Gasteiger partial charge in [0.2, 0.25) is 0 Å². The van der Waals surface area contributed by atoms with E-state index in [2.05, 4.69) is 10.6 Å². The molecule has 4 nitrogen and oxygen atoms in total. The lowest BCUT2D eigenvalue weighted by Gasteiger charge is -2.15. The van der Waals surface area contributed by atoms with Crippen LogP contribution in [0.3, 0.4) is 0 Å². The van der Waals surface area contributed by atoms with Crippen molar-refractivity contribution < 1.29 is 9.47 Å². The molecule has 0 spiro atoms. The van der Waals surface area contributed by atoms with E-state index in [-0.39, 0.29) is 0 Å². The summed E-state index contributed by atoms with van der Waals surface area (Å²) in [6.07, 6.45) is 0. The largest absolute Gasteiger partial charge is 0.495 e. The molecule has 0 saturated heterocycles. The molecule has 0 aliphatic rings. The number of anilines is 2. The van der Waals surface area contributed by atoms with E-state index in [1.54, 1.807) is 38.5 Å². The van der Waals surface area contributed by atoms with E-state index in [4.69, 9.17) is 44.9 Å². The van der Waals surface area contributed by atoms with E-state index in [0.29, 0.717) is 32.3 Å². The predicted molar refractivity (Wildman–Crippen MR) is 95.9 cm³/mol. The van der Waals surface area contributed by atoms with E-state index in [1.165, 1.54) is 0 Å². The lowest BCUT2D eigenvalue weighted by Crippen LogP contribution is -2.19. The highest BCUT2D eigenvalue weighted by molar-refractivity contribution is 7.80. The predicted octanol–water partition coefficient (Wildman–Crippen LogP) is 4.82. The first-order valence-electron chi connectivity index (χ1n) is 6.28. The Morgan fingerprint density at radius 1 is 0.955 bits per heavy atom. The number of nitrogens with one attached hydrogen (secondary N) is 2. The first-order chi connectivity index (χ1) is 10.5. The van der Waals surface area contributed by atoms with Crippen LogP contribution in [-0.4, -0.2) is 19.3 Å². The van der Waals surface area contributed by atoms with E-state index in [9.17, 15) is 0 Å². The van der Waals surface area contributed by atoms with Crippen molar-refractivity contribution in [1.29, 1.82) is 0 Å². The lowest BCUT2D eigenvalue weighted by molar-refractivity contribution is 0.396. The maximum absolute atomic E-state index is 6.12. The molecule has 0 aromatic heterocycles.